The third-order valence-corrected chi connectivity index (χ3v) is 5.37. The maximum absolute atomic E-state index is 3.87. The standard InChI is InChI=1S/C18H28N2/c1-15-8-3-4-9-17(15)16(2)20-13-7-12-19-18(14-20)10-5-6-11-18/h3-4,8-9,16,19H,5-7,10-14H2,1-2H3. The summed E-state index contributed by atoms with van der Waals surface area (Å²) in [5, 5.41) is 3.87. The minimum absolute atomic E-state index is 0.410. The highest BCUT2D eigenvalue weighted by atomic mass is 15.2. The largest absolute Gasteiger partial charge is 0.310 e. The maximum Gasteiger partial charge on any atom is 0.0323 e. The lowest BCUT2D eigenvalue weighted by molar-refractivity contribution is 0.165. The molecular formula is C18H28N2. The zero-order valence-electron chi connectivity index (χ0n) is 13.0. The van der Waals surface area contributed by atoms with Crippen molar-refractivity contribution in [3.05, 3.63) is 35.4 Å². The van der Waals surface area contributed by atoms with Crippen LogP contribution in [0.25, 0.3) is 0 Å². The Hall–Kier alpha value is -0.860. The van der Waals surface area contributed by atoms with Crippen LogP contribution in [0.5, 0.6) is 0 Å². The summed E-state index contributed by atoms with van der Waals surface area (Å²) in [6.07, 6.45) is 6.81. The first-order chi connectivity index (χ1) is 9.70. The van der Waals surface area contributed by atoms with Gasteiger partial charge in [0, 0.05) is 24.7 Å². The molecule has 1 spiro atoms. The van der Waals surface area contributed by atoms with E-state index in [1.165, 1.54) is 62.9 Å². The van der Waals surface area contributed by atoms with Crippen molar-refractivity contribution >= 4 is 0 Å². The Bertz CT molecular complexity index is 448. The fourth-order valence-electron chi connectivity index (χ4n) is 4.13. The van der Waals surface area contributed by atoms with E-state index in [4.69, 9.17) is 0 Å². The first kappa shape index (κ1) is 14.1. The molecule has 1 heterocycles. The molecule has 0 radical (unpaired) electrons. The maximum atomic E-state index is 3.87. The van der Waals surface area contributed by atoms with E-state index in [0.717, 1.165) is 0 Å². The predicted molar refractivity (Wildman–Crippen MR) is 85.0 cm³/mol. The molecule has 1 saturated heterocycles. The van der Waals surface area contributed by atoms with Crippen molar-refractivity contribution in [3.8, 4) is 0 Å². The fourth-order valence-corrected chi connectivity index (χ4v) is 4.13. The Morgan fingerprint density at radius 3 is 2.65 bits per heavy atom. The molecule has 1 unspecified atom stereocenters. The molecule has 3 rings (SSSR count). The van der Waals surface area contributed by atoms with Crippen molar-refractivity contribution < 1.29 is 0 Å². The van der Waals surface area contributed by atoms with Crippen molar-refractivity contribution in [3.63, 3.8) is 0 Å². The van der Waals surface area contributed by atoms with Gasteiger partial charge in [-0.25, -0.2) is 0 Å². The smallest absolute Gasteiger partial charge is 0.0323 e. The van der Waals surface area contributed by atoms with Crippen LogP contribution in [-0.4, -0.2) is 30.1 Å². The molecule has 1 aliphatic heterocycles. The number of rotatable bonds is 2. The number of benzene rings is 1. The van der Waals surface area contributed by atoms with Crippen molar-refractivity contribution in [1.82, 2.24) is 10.2 Å². The van der Waals surface area contributed by atoms with Crippen LogP contribution in [0.2, 0.25) is 0 Å². The van der Waals surface area contributed by atoms with Crippen LogP contribution in [0.1, 0.15) is 56.2 Å². The summed E-state index contributed by atoms with van der Waals surface area (Å²) in [6, 6.07) is 9.41. The van der Waals surface area contributed by atoms with Gasteiger partial charge in [-0.3, -0.25) is 4.90 Å². The summed E-state index contributed by atoms with van der Waals surface area (Å²) in [5.41, 5.74) is 3.34. The van der Waals surface area contributed by atoms with Crippen molar-refractivity contribution in [1.29, 1.82) is 0 Å². The molecule has 110 valence electrons. The highest BCUT2D eigenvalue weighted by Crippen LogP contribution is 2.34. The van der Waals surface area contributed by atoms with Crippen molar-refractivity contribution in [2.75, 3.05) is 19.6 Å². The quantitative estimate of drug-likeness (QED) is 0.884. The molecule has 2 heteroatoms. The number of hydrogen-bond donors (Lipinski definition) is 1. The third-order valence-electron chi connectivity index (χ3n) is 5.37. The minimum Gasteiger partial charge on any atom is -0.310 e. The van der Waals surface area contributed by atoms with Crippen LogP contribution in [0.3, 0.4) is 0 Å². The Morgan fingerprint density at radius 2 is 1.90 bits per heavy atom. The summed E-state index contributed by atoms with van der Waals surface area (Å²) >= 11 is 0. The number of nitrogens with zero attached hydrogens (tertiary/aromatic N) is 1. The van der Waals surface area contributed by atoms with Gasteiger partial charge in [-0.05, 0) is 50.8 Å². The van der Waals surface area contributed by atoms with Gasteiger partial charge in [0.1, 0.15) is 0 Å². The third kappa shape index (κ3) is 2.77. The van der Waals surface area contributed by atoms with Gasteiger partial charge >= 0.3 is 0 Å². The summed E-state index contributed by atoms with van der Waals surface area (Å²) in [7, 11) is 0. The van der Waals surface area contributed by atoms with E-state index in [1.807, 2.05) is 0 Å². The molecule has 0 amide bonds. The summed E-state index contributed by atoms with van der Waals surface area (Å²) in [4.78, 5) is 2.72. The Labute approximate surface area is 123 Å². The van der Waals surface area contributed by atoms with Gasteiger partial charge in [-0.15, -0.1) is 0 Å². The van der Waals surface area contributed by atoms with Crippen LogP contribution in [0.4, 0.5) is 0 Å². The lowest BCUT2D eigenvalue weighted by atomic mass is 9.95. The number of aryl methyl sites for hydroxylation is 1. The van der Waals surface area contributed by atoms with Gasteiger partial charge in [-0.2, -0.15) is 0 Å². The second-order valence-electron chi connectivity index (χ2n) is 6.77. The summed E-state index contributed by atoms with van der Waals surface area (Å²) in [5.74, 6) is 0. The highest BCUT2D eigenvalue weighted by Gasteiger charge is 2.37. The molecule has 0 aromatic heterocycles. The van der Waals surface area contributed by atoms with E-state index in [9.17, 15) is 0 Å². The SMILES string of the molecule is Cc1ccccc1C(C)N1CCCNC2(CCCC2)C1. The van der Waals surface area contributed by atoms with Gasteiger partial charge in [0.2, 0.25) is 0 Å². The summed E-state index contributed by atoms with van der Waals surface area (Å²) in [6.45, 7) is 8.27. The number of nitrogens with one attached hydrogen (secondary N) is 1. The first-order valence-electron chi connectivity index (χ1n) is 8.25. The zero-order valence-corrected chi connectivity index (χ0v) is 13.0. The Balaban J connectivity index is 1.79. The van der Waals surface area contributed by atoms with E-state index in [0.29, 0.717) is 11.6 Å². The van der Waals surface area contributed by atoms with E-state index in [2.05, 4.69) is 48.3 Å². The minimum atomic E-state index is 0.410. The van der Waals surface area contributed by atoms with Gasteiger partial charge in [0.05, 0.1) is 0 Å². The van der Waals surface area contributed by atoms with Crippen molar-refractivity contribution in [2.45, 2.75) is 57.5 Å². The molecule has 2 nitrogen and oxygen atoms in total. The van der Waals surface area contributed by atoms with Crippen LogP contribution in [0, 0.1) is 6.92 Å². The van der Waals surface area contributed by atoms with Gasteiger partial charge in [-0.1, -0.05) is 37.1 Å². The molecule has 2 aliphatic rings. The second kappa shape index (κ2) is 5.87. The van der Waals surface area contributed by atoms with Crippen LogP contribution < -0.4 is 5.32 Å². The molecule has 0 bridgehead atoms. The van der Waals surface area contributed by atoms with E-state index < -0.39 is 0 Å². The monoisotopic (exact) mass is 272 g/mol. The van der Waals surface area contributed by atoms with Crippen LogP contribution in [-0.2, 0) is 0 Å². The molecule has 1 aromatic carbocycles. The topological polar surface area (TPSA) is 15.3 Å². The Kier molecular flexibility index (Phi) is 4.13. The second-order valence-corrected chi connectivity index (χ2v) is 6.77. The predicted octanol–water partition coefficient (Wildman–Crippen LogP) is 3.66. The number of hydrogen-bond acceptors (Lipinski definition) is 2. The normalized spacial score (nSPS) is 24.7. The molecular weight excluding hydrogens is 244 g/mol. The highest BCUT2D eigenvalue weighted by molar-refractivity contribution is 5.28. The average Bonchev–Trinajstić information content (AvgIpc) is 2.79. The lowest BCUT2D eigenvalue weighted by Gasteiger charge is -2.37. The van der Waals surface area contributed by atoms with E-state index in [1.54, 1.807) is 0 Å². The molecule has 1 aliphatic carbocycles. The Morgan fingerprint density at radius 1 is 1.15 bits per heavy atom. The molecule has 1 saturated carbocycles. The van der Waals surface area contributed by atoms with Gasteiger partial charge in [0.15, 0.2) is 0 Å². The fraction of sp³-hybridized carbons (Fsp3) is 0.667. The first-order valence-corrected chi connectivity index (χ1v) is 8.25. The van der Waals surface area contributed by atoms with Crippen LogP contribution >= 0.6 is 0 Å². The average molecular weight is 272 g/mol. The van der Waals surface area contributed by atoms with E-state index in [-0.39, 0.29) is 0 Å². The van der Waals surface area contributed by atoms with Crippen molar-refractivity contribution in [2.24, 2.45) is 0 Å². The molecule has 1 N–H and O–H groups in total. The molecule has 1 aromatic rings. The zero-order chi connectivity index (χ0) is 14.0. The van der Waals surface area contributed by atoms with E-state index >= 15 is 0 Å². The molecule has 20 heavy (non-hydrogen) atoms. The van der Waals surface area contributed by atoms with Crippen LogP contribution in [0.15, 0.2) is 24.3 Å². The molecule has 1 atom stereocenters. The van der Waals surface area contributed by atoms with Gasteiger partial charge < -0.3 is 5.32 Å². The van der Waals surface area contributed by atoms with Gasteiger partial charge in [0.25, 0.3) is 0 Å². The lowest BCUT2D eigenvalue weighted by Crippen LogP contribution is -2.49. The summed E-state index contributed by atoms with van der Waals surface area (Å²) < 4.78 is 0. The molecule has 2 fully saturated rings.